The number of nitrogen functional groups attached to an aromatic ring is 1. The minimum absolute atomic E-state index is 0.218. The molecule has 0 atom stereocenters. The van der Waals surface area contributed by atoms with Crippen LogP contribution < -0.4 is 5.73 Å². The molecule has 1 heterocycles. The molecule has 2 N–H and O–H groups in total. The van der Waals surface area contributed by atoms with Crippen molar-refractivity contribution in [1.82, 2.24) is 9.97 Å². The van der Waals surface area contributed by atoms with Crippen molar-refractivity contribution in [2.45, 2.75) is 0 Å². The van der Waals surface area contributed by atoms with E-state index in [1.807, 2.05) is 24.3 Å². The van der Waals surface area contributed by atoms with Crippen molar-refractivity contribution >= 4 is 32.8 Å². The number of nitrogens with zero attached hydrogens (tertiary/aromatic N) is 2. The van der Waals surface area contributed by atoms with Crippen LogP contribution in [-0.4, -0.2) is 9.97 Å². The fourth-order valence-corrected chi connectivity index (χ4v) is 2.25. The highest BCUT2D eigenvalue weighted by atomic mass is 79.9. The molecular formula is C14H9BrFN3. The van der Waals surface area contributed by atoms with Crippen molar-refractivity contribution in [3.05, 3.63) is 52.8 Å². The number of para-hydroxylation sites is 2. The van der Waals surface area contributed by atoms with Crippen LogP contribution in [0.3, 0.4) is 0 Å². The van der Waals surface area contributed by atoms with Gasteiger partial charge in [-0.15, -0.1) is 0 Å². The fraction of sp³-hybridized carbons (Fsp3) is 0. The highest BCUT2D eigenvalue weighted by molar-refractivity contribution is 9.10. The SMILES string of the molecule is Nc1nc2ccccc2nc1-c1cc(Br)ccc1F. The molecule has 1 aromatic heterocycles. The van der Waals surface area contributed by atoms with E-state index < -0.39 is 0 Å². The zero-order valence-electron chi connectivity index (χ0n) is 9.77. The predicted octanol–water partition coefficient (Wildman–Crippen LogP) is 3.78. The van der Waals surface area contributed by atoms with E-state index in [0.717, 1.165) is 4.47 Å². The van der Waals surface area contributed by atoms with Crippen LogP contribution in [0.15, 0.2) is 46.9 Å². The molecule has 0 spiro atoms. The summed E-state index contributed by atoms with van der Waals surface area (Å²) in [7, 11) is 0. The number of aromatic nitrogens is 2. The Morgan fingerprint density at radius 1 is 1.00 bits per heavy atom. The van der Waals surface area contributed by atoms with Gasteiger partial charge in [-0.3, -0.25) is 0 Å². The second-order valence-electron chi connectivity index (χ2n) is 4.07. The van der Waals surface area contributed by atoms with Crippen LogP contribution in [0.25, 0.3) is 22.3 Å². The van der Waals surface area contributed by atoms with Crippen LogP contribution in [0.4, 0.5) is 10.2 Å². The van der Waals surface area contributed by atoms with Crippen molar-refractivity contribution in [3.63, 3.8) is 0 Å². The average molecular weight is 318 g/mol. The Morgan fingerprint density at radius 3 is 2.42 bits per heavy atom. The first kappa shape index (κ1) is 12.0. The van der Waals surface area contributed by atoms with Crippen LogP contribution in [0, 0.1) is 5.82 Å². The molecule has 19 heavy (non-hydrogen) atoms. The number of rotatable bonds is 1. The van der Waals surface area contributed by atoms with Gasteiger partial charge in [0.05, 0.1) is 11.0 Å². The molecule has 94 valence electrons. The average Bonchev–Trinajstić information content (AvgIpc) is 2.41. The van der Waals surface area contributed by atoms with Gasteiger partial charge < -0.3 is 5.73 Å². The molecule has 0 aliphatic carbocycles. The lowest BCUT2D eigenvalue weighted by atomic mass is 10.1. The van der Waals surface area contributed by atoms with Crippen LogP contribution >= 0.6 is 15.9 Å². The number of nitrogens with two attached hydrogens (primary N) is 1. The van der Waals surface area contributed by atoms with Gasteiger partial charge in [-0.1, -0.05) is 28.1 Å². The van der Waals surface area contributed by atoms with Crippen molar-refractivity contribution in [1.29, 1.82) is 0 Å². The van der Waals surface area contributed by atoms with Gasteiger partial charge in [-0.2, -0.15) is 0 Å². The number of fused-ring (bicyclic) bond motifs is 1. The predicted molar refractivity (Wildman–Crippen MR) is 77.0 cm³/mol. The third-order valence-electron chi connectivity index (χ3n) is 2.78. The van der Waals surface area contributed by atoms with E-state index in [-0.39, 0.29) is 11.6 Å². The number of halogens is 2. The molecule has 0 radical (unpaired) electrons. The van der Waals surface area contributed by atoms with Crippen molar-refractivity contribution in [3.8, 4) is 11.3 Å². The van der Waals surface area contributed by atoms with Crippen LogP contribution in [0.5, 0.6) is 0 Å². The van der Waals surface area contributed by atoms with Crippen LogP contribution in [-0.2, 0) is 0 Å². The lowest BCUT2D eigenvalue weighted by Crippen LogP contribution is -1.99. The maximum absolute atomic E-state index is 13.9. The Morgan fingerprint density at radius 2 is 1.68 bits per heavy atom. The summed E-state index contributed by atoms with van der Waals surface area (Å²) in [5.74, 6) is -0.157. The smallest absolute Gasteiger partial charge is 0.150 e. The third-order valence-corrected chi connectivity index (χ3v) is 3.27. The zero-order chi connectivity index (χ0) is 13.4. The van der Waals surface area contributed by atoms with E-state index in [1.54, 1.807) is 12.1 Å². The molecule has 3 nitrogen and oxygen atoms in total. The van der Waals surface area contributed by atoms with Gasteiger partial charge in [0.25, 0.3) is 0 Å². The molecule has 0 unspecified atom stereocenters. The Bertz CT molecular complexity index is 774. The first-order valence-corrected chi connectivity index (χ1v) is 6.42. The van der Waals surface area contributed by atoms with E-state index >= 15 is 0 Å². The summed E-state index contributed by atoms with van der Waals surface area (Å²) in [5, 5.41) is 0. The molecule has 0 amide bonds. The lowest BCUT2D eigenvalue weighted by Gasteiger charge is -2.07. The lowest BCUT2D eigenvalue weighted by molar-refractivity contribution is 0.630. The van der Waals surface area contributed by atoms with E-state index in [4.69, 9.17) is 5.73 Å². The standard InChI is InChI=1S/C14H9BrFN3/c15-8-5-6-10(16)9(7-8)13-14(17)19-12-4-2-1-3-11(12)18-13/h1-7H,(H2,17,19). The molecule has 0 fully saturated rings. The van der Waals surface area contributed by atoms with Gasteiger partial charge in [-0.25, -0.2) is 14.4 Å². The topological polar surface area (TPSA) is 51.8 Å². The monoisotopic (exact) mass is 317 g/mol. The maximum Gasteiger partial charge on any atom is 0.150 e. The molecule has 3 aromatic rings. The highest BCUT2D eigenvalue weighted by Crippen LogP contribution is 2.29. The second-order valence-corrected chi connectivity index (χ2v) is 4.99. The Hall–Kier alpha value is -2.01. The minimum atomic E-state index is -0.375. The number of hydrogen-bond acceptors (Lipinski definition) is 3. The van der Waals surface area contributed by atoms with Crippen molar-refractivity contribution in [2.24, 2.45) is 0 Å². The normalized spacial score (nSPS) is 10.8. The molecule has 5 heteroatoms. The van der Waals surface area contributed by atoms with Gasteiger partial charge in [0.2, 0.25) is 0 Å². The highest BCUT2D eigenvalue weighted by Gasteiger charge is 2.13. The van der Waals surface area contributed by atoms with E-state index in [2.05, 4.69) is 25.9 Å². The molecule has 0 saturated carbocycles. The van der Waals surface area contributed by atoms with Gasteiger partial charge in [0.15, 0.2) is 5.82 Å². The molecule has 3 rings (SSSR count). The summed E-state index contributed by atoms with van der Waals surface area (Å²) in [6.45, 7) is 0. The summed E-state index contributed by atoms with van der Waals surface area (Å²) in [4.78, 5) is 8.65. The van der Waals surface area contributed by atoms with E-state index in [1.165, 1.54) is 6.07 Å². The quantitative estimate of drug-likeness (QED) is 0.743. The summed E-state index contributed by atoms with van der Waals surface area (Å²) < 4.78 is 14.7. The number of hydrogen-bond donors (Lipinski definition) is 1. The molecular weight excluding hydrogens is 309 g/mol. The zero-order valence-corrected chi connectivity index (χ0v) is 11.4. The van der Waals surface area contributed by atoms with Gasteiger partial charge >= 0.3 is 0 Å². The molecule has 2 aromatic carbocycles. The molecule has 0 aliphatic rings. The van der Waals surface area contributed by atoms with Crippen LogP contribution in [0.1, 0.15) is 0 Å². The van der Waals surface area contributed by atoms with Crippen molar-refractivity contribution in [2.75, 3.05) is 5.73 Å². The van der Waals surface area contributed by atoms with Gasteiger partial charge in [0, 0.05) is 10.0 Å². The Labute approximate surface area is 117 Å². The largest absolute Gasteiger partial charge is 0.382 e. The minimum Gasteiger partial charge on any atom is -0.382 e. The van der Waals surface area contributed by atoms with Crippen molar-refractivity contribution < 1.29 is 4.39 Å². The maximum atomic E-state index is 13.9. The number of anilines is 1. The summed E-state index contributed by atoms with van der Waals surface area (Å²) in [6, 6.07) is 12.0. The number of benzene rings is 2. The molecule has 0 aliphatic heterocycles. The van der Waals surface area contributed by atoms with E-state index in [9.17, 15) is 4.39 Å². The van der Waals surface area contributed by atoms with Gasteiger partial charge in [-0.05, 0) is 30.3 Å². The molecule has 0 bridgehead atoms. The molecule has 0 saturated heterocycles. The first-order valence-electron chi connectivity index (χ1n) is 5.63. The first-order chi connectivity index (χ1) is 9.15. The third kappa shape index (κ3) is 2.17. The van der Waals surface area contributed by atoms with Gasteiger partial charge in [0.1, 0.15) is 11.5 Å². The Balaban J connectivity index is 2.30. The Kier molecular flexibility index (Phi) is 2.91. The second kappa shape index (κ2) is 4.59. The van der Waals surface area contributed by atoms with Crippen LogP contribution in [0.2, 0.25) is 0 Å². The summed E-state index contributed by atoms with van der Waals surface area (Å²) in [5.41, 5.74) is 7.96. The van der Waals surface area contributed by atoms with E-state index in [0.29, 0.717) is 22.3 Å². The summed E-state index contributed by atoms with van der Waals surface area (Å²) in [6.07, 6.45) is 0. The fourth-order valence-electron chi connectivity index (χ4n) is 1.89. The summed E-state index contributed by atoms with van der Waals surface area (Å²) >= 11 is 3.31.